The minimum absolute atomic E-state index is 0.0205. The van der Waals surface area contributed by atoms with Crippen LogP contribution in [0.25, 0.3) is 0 Å². The fourth-order valence-electron chi connectivity index (χ4n) is 5.03. The molecule has 1 heterocycles. The molecule has 0 radical (unpaired) electrons. The summed E-state index contributed by atoms with van der Waals surface area (Å²) in [6.07, 6.45) is 4.08. The van der Waals surface area contributed by atoms with Gasteiger partial charge in [-0.3, -0.25) is 4.79 Å². The number of phenols is 1. The van der Waals surface area contributed by atoms with Gasteiger partial charge >= 0.3 is 0 Å². The van der Waals surface area contributed by atoms with Gasteiger partial charge in [-0.1, -0.05) is 6.07 Å². The van der Waals surface area contributed by atoms with Crippen molar-refractivity contribution in [3.63, 3.8) is 0 Å². The van der Waals surface area contributed by atoms with Crippen molar-refractivity contribution < 1.29 is 19.4 Å². The molecule has 1 unspecified atom stereocenters. The van der Waals surface area contributed by atoms with Gasteiger partial charge in [-0.25, -0.2) is 0 Å². The molecule has 24 heavy (non-hydrogen) atoms. The molecule has 5 nitrogen and oxygen atoms in total. The van der Waals surface area contributed by atoms with Crippen molar-refractivity contribution in [3.05, 3.63) is 35.1 Å². The van der Waals surface area contributed by atoms with Crippen molar-refractivity contribution in [2.24, 2.45) is 5.92 Å². The maximum Gasteiger partial charge on any atom is 0.197 e. The first-order valence-corrected chi connectivity index (χ1v) is 8.40. The van der Waals surface area contributed by atoms with Gasteiger partial charge < -0.3 is 19.5 Å². The van der Waals surface area contributed by atoms with Crippen molar-refractivity contribution in [1.82, 2.24) is 4.90 Å². The standard InChI is InChI=1S/C19H23NO4/c1-20-7-6-19-10-14(21)16(24-3)9-12(19)13(20)8-11-4-5-15(23-2)18(22)17(11)19/h4-5,9,12-13,22H,6-8,10H2,1-3H3/t12-,13?,19-/m1/s1. The molecular weight excluding hydrogens is 306 g/mol. The number of carbonyl (C=O) groups is 1. The molecule has 1 aromatic carbocycles. The van der Waals surface area contributed by atoms with Crippen LogP contribution in [-0.4, -0.2) is 49.6 Å². The Hall–Kier alpha value is -2.01. The molecule has 2 aliphatic carbocycles. The van der Waals surface area contributed by atoms with E-state index in [1.807, 2.05) is 18.2 Å². The molecule has 1 N–H and O–H groups in total. The van der Waals surface area contributed by atoms with Gasteiger partial charge in [0.05, 0.1) is 14.2 Å². The number of likely N-dealkylation sites (N-methyl/N-ethyl adjacent to an activating group) is 1. The van der Waals surface area contributed by atoms with Gasteiger partial charge in [0, 0.05) is 29.4 Å². The Morgan fingerprint density at radius 2 is 2.08 bits per heavy atom. The van der Waals surface area contributed by atoms with E-state index < -0.39 is 0 Å². The second-order valence-electron chi connectivity index (χ2n) is 7.17. The number of carbonyl (C=O) groups excluding carboxylic acids is 1. The lowest BCUT2D eigenvalue weighted by Crippen LogP contribution is -2.60. The summed E-state index contributed by atoms with van der Waals surface area (Å²) in [5.74, 6) is 1.32. The molecule has 1 fully saturated rings. The van der Waals surface area contributed by atoms with E-state index in [1.54, 1.807) is 14.2 Å². The predicted molar refractivity (Wildman–Crippen MR) is 89.3 cm³/mol. The summed E-state index contributed by atoms with van der Waals surface area (Å²) < 4.78 is 10.6. The fourth-order valence-corrected chi connectivity index (χ4v) is 5.03. The monoisotopic (exact) mass is 329 g/mol. The van der Waals surface area contributed by atoms with E-state index in [1.165, 1.54) is 0 Å². The summed E-state index contributed by atoms with van der Waals surface area (Å²) in [5.41, 5.74) is 1.68. The Kier molecular flexibility index (Phi) is 3.39. The number of allylic oxidation sites excluding steroid dienone is 1. The molecule has 0 saturated carbocycles. The predicted octanol–water partition coefficient (Wildman–Crippen LogP) is 2.02. The number of Topliss-reactive ketones (excluding diaryl/α,β-unsaturated/α-hetero) is 1. The Balaban J connectivity index is 1.97. The lowest BCUT2D eigenvalue weighted by Gasteiger charge is -2.56. The number of hydrogen-bond acceptors (Lipinski definition) is 5. The van der Waals surface area contributed by atoms with Gasteiger partial charge in [-0.2, -0.15) is 0 Å². The maximum atomic E-state index is 12.6. The van der Waals surface area contributed by atoms with E-state index in [0.717, 1.165) is 30.5 Å². The topological polar surface area (TPSA) is 59.0 Å². The molecule has 2 bridgehead atoms. The molecule has 0 spiro atoms. The summed E-state index contributed by atoms with van der Waals surface area (Å²) in [7, 11) is 5.25. The number of hydrogen-bond donors (Lipinski definition) is 1. The van der Waals surface area contributed by atoms with Gasteiger partial charge in [0.1, 0.15) is 0 Å². The van der Waals surface area contributed by atoms with Crippen LogP contribution in [0.5, 0.6) is 11.5 Å². The largest absolute Gasteiger partial charge is 0.504 e. The molecule has 0 amide bonds. The highest BCUT2D eigenvalue weighted by atomic mass is 16.5. The minimum Gasteiger partial charge on any atom is -0.504 e. The molecule has 3 aliphatic rings. The van der Waals surface area contributed by atoms with Gasteiger partial charge in [0.15, 0.2) is 23.0 Å². The quantitative estimate of drug-likeness (QED) is 0.899. The number of fused-ring (bicyclic) bond motifs is 1. The molecule has 1 saturated heterocycles. The van der Waals surface area contributed by atoms with E-state index in [4.69, 9.17) is 9.47 Å². The van der Waals surface area contributed by atoms with Crippen LogP contribution in [0.2, 0.25) is 0 Å². The van der Waals surface area contributed by atoms with Crippen molar-refractivity contribution in [2.45, 2.75) is 30.7 Å². The molecule has 0 aromatic heterocycles. The minimum atomic E-state index is -0.359. The summed E-state index contributed by atoms with van der Waals surface area (Å²) in [5, 5.41) is 10.9. The number of ether oxygens (including phenoxy) is 2. The first-order valence-electron chi connectivity index (χ1n) is 8.40. The van der Waals surface area contributed by atoms with Crippen molar-refractivity contribution in [3.8, 4) is 11.5 Å². The lowest BCUT2D eigenvalue weighted by molar-refractivity contribution is -0.122. The number of likely N-dealkylation sites (tertiary alicyclic amines) is 1. The van der Waals surface area contributed by atoms with E-state index in [-0.39, 0.29) is 22.9 Å². The summed E-state index contributed by atoms with van der Waals surface area (Å²) >= 11 is 0. The Bertz CT molecular complexity index is 741. The molecule has 1 aliphatic heterocycles. The van der Waals surface area contributed by atoms with Crippen LogP contribution in [0.15, 0.2) is 24.0 Å². The molecule has 1 aromatic rings. The second kappa shape index (κ2) is 5.24. The van der Waals surface area contributed by atoms with Crippen LogP contribution in [0.4, 0.5) is 0 Å². The van der Waals surface area contributed by atoms with Gasteiger partial charge in [0.2, 0.25) is 0 Å². The summed E-state index contributed by atoms with van der Waals surface area (Å²) in [6.45, 7) is 0.917. The number of benzene rings is 1. The highest BCUT2D eigenvalue weighted by Crippen LogP contribution is 2.57. The number of aromatic hydroxyl groups is 1. The highest BCUT2D eigenvalue weighted by molar-refractivity contribution is 5.96. The van der Waals surface area contributed by atoms with Crippen molar-refractivity contribution in [1.29, 1.82) is 0 Å². The molecule has 4 rings (SSSR count). The van der Waals surface area contributed by atoms with Gasteiger partial charge in [-0.05, 0) is 44.1 Å². The van der Waals surface area contributed by atoms with E-state index in [0.29, 0.717) is 24.0 Å². The molecule has 3 atom stereocenters. The number of methoxy groups -OCH3 is 2. The smallest absolute Gasteiger partial charge is 0.197 e. The molecular formula is C19H23NO4. The van der Waals surface area contributed by atoms with Crippen LogP contribution in [-0.2, 0) is 21.4 Å². The van der Waals surface area contributed by atoms with Crippen molar-refractivity contribution in [2.75, 3.05) is 27.8 Å². The first-order chi connectivity index (χ1) is 11.5. The Morgan fingerprint density at radius 3 is 2.79 bits per heavy atom. The SMILES string of the molecule is COC1=C[C@@H]2C3Cc4ccc(OC)c(O)c4[C@]2(CCN3C)CC1=O. The zero-order chi connectivity index (χ0) is 17.1. The fraction of sp³-hybridized carbons (Fsp3) is 0.526. The van der Waals surface area contributed by atoms with E-state index in [9.17, 15) is 9.90 Å². The van der Waals surface area contributed by atoms with Crippen LogP contribution in [0, 0.1) is 5.92 Å². The third-order valence-corrected chi connectivity index (χ3v) is 6.21. The van der Waals surface area contributed by atoms with Crippen LogP contribution < -0.4 is 4.74 Å². The highest BCUT2D eigenvalue weighted by Gasteiger charge is 2.56. The zero-order valence-corrected chi connectivity index (χ0v) is 14.3. The van der Waals surface area contributed by atoms with E-state index in [2.05, 4.69) is 11.9 Å². The van der Waals surface area contributed by atoms with Gasteiger partial charge in [0.25, 0.3) is 0 Å². The van der Waals surface area contributed by atoms with E-state index >= 15 is 0 Å². The molecule has 5 heteroatoms. The lowest BCUT2D eigenvalue weighted by atomic mass is 9.53. The number of phenolic OH excluding ortho intramolecular Hbond substituents is 1. The zero-order valence-electron chi connectivity index (χ0n) is 14.3. The summed E-state index contributed by atoms with van der Waals surface area (Å²) in [6, 6.07) is 4.18. The third kappa shape index (κ3) is 1.88. The van der Waals surface area contributed by atoms with Crippen LogP contribution >= 0.6 is 0 Å². The number of ketones is 1. The number of nitrogens with zero attached hydrogens (tertiary/aromatic N) is 1. The average Bonchev–Trinajstić information content (AvgIpc) is 2.57. The number of rotatable bonds is 2. The van der Waals surface area contributed by atoms with Crippen molar-refractivity contribution >= 4 is 5.78 Å². The summed E-state index contributed by atoms with van der Waals surface area (Å²) in [4.78, 5) is 15.0. The molecule has 128 valence electrons. The Labute approximate surface area is 141 Å². The van der Waals surface area contributed by atoms with Crippen LogP contribution in [0.3, 0.4) is 0 Å². The second-order valence-corrected chi connectivity index (χ2v) is 7.17. The third-order valence-electron chi connectivity index (χ3n) is 6.21. The van der Waals surface area contributed by atoms with Gasteiger partial charge in [-0.15, -0.1) is 0 Å². The Morgan fingerprint density at radius 1 is 1.29 bits per heavy atom. The average molecular weight is 329 g/mol. The maximum absolute atomic E-state index is 12.6. The number of piperidine rings is 1. The van der Waals surface area contributed by atoms with Crippen LogP contribution in [0.1, 0.15) is 24.0 Å². The normalized spacial score (nSPS) is 31.8. The first kappa shape index (κ1) is 15.5.